The fourth-order valence-electron chi connectivity index (χ4n) is 4.46. The summed E-state index contributed by atoms with van der Waals surface area (Å²) in [4.78, 5) is 18.2. The lowest BCUT2D eigenvalue weighted by Gasteiger charge is -2.22. The van der Waals surface area contributed by atoms with E-state index in [9.17, 15) is 4.79 Å². The molecule has 0 bridgehead atoms. The number of aryl methyl sites for hydroxylation is 1. The Morgan fingerprint density at radius 3 is 2.82 bits per heavy atom. The molecule has 2 aromatic heterocycles. The van der Waals surface area contributed by atoms with Gasteiger partial charge in [0.05, 0.1) is 24.7 Å². The number of para-hydroxylation sites is 1. The number of nitrogens with one attached hydrogen (secondary N) is 1. The third-order valence-corrected chi connectivity index (χ3v) is 6.18. The van der Waals surface area contributed by atoms with Gasteiger partial charge in [-0.15, -0.1) is 5.10 Å². The van der Waals surface area contributed by atoms with Crippen LogP contribution >= 0.6 is 0 Å². The van der Waals surface area contributed by atoms with Crippen molar-refractivity contribution >= 4 is 10.9 Å². The van der Waals surface area contributed by atoms with Crippen molar-refractivity contribution in [3.8, 4) is 0 Å². The van der Waals surface area contributed by atoms with E-state index in [2.05, 4.69) is 37.5 Å². The summed E-state index contributed by atoms with van der Waals surface area (Å²) in [7, 11) is 0. The molecule has 0 unspecified atom stereocenters. The van der Waals surface area contributed by atoms with E-state index < -0.39 is 0 Å². The van der Waals surface area contributed by atoms with Crippen molar-refractivity contribution in [2.75, 3.05) is 6.61 Å². The number of nitrogens with zero attached hydrogens (tertiary/aromatic N) is 5. The number of aromatic amines is 1. The van der Waals surface area contributed by atoms with Crippen molar-refractivity contribution in [1.82, 2.24) is 30.1 Å². The lowest BCUT2D eigenvalue weighted by atomic mass is 10.1. The van der Waals surface area contributed by atoms with Gasteiger partial charge in [-0.2, -0.15) is 0 Å². The average Bonchev–Trinajstić information content (AvgIpc) is 3.48. The predicted octanol–water partition coefficient (Wildman–Crippen LogP) is 3.20. The highest BCUT2D eigenvalue weighted by atomic mass is 16.5. The van der Waals surface area contributed by atoms with Gasteiger partial charge in [-0.1, -0.05) is 48.5 Å². The van der Waals surface area contributed by atoms with Crippen molar-refractivity contribution in [3.05, 3.63) is 87.5 Å². The first kappa shape index (κ1) is 21.5. The van der Waals surface area contributed by atoms with Gasteiger partial charge in [0.25, 0.3) is 5.56 Å². The van der Waals surface area contributed by atoms with Crippen LogP contribution in [-0.2, 0) is 30.9 Å². The number of tetrazole rings is 1. The fraction of sp³-hybridized carbons (Fsp3) is 0.360. The minimum absolute atomic E-state index is 0.0613. The van der Waals surface area contributed by atoms with Crippen LogP contribution < -0.4 is 5.56 Å². The number of hydrogen-bond acceptors (Lipinski definition) is 6. The number of ether oxygens (including phenoxy) is 1. The zero-order valence-corrected chi connectivity index (χ0v) is 18.8. The molecule has 2 aromatic carbocycles. The first-order valence-corrected chi connectivity index (χ1v) is 11.4. The van der Waals surface area contributed by atoms with E-state index >= 15 is 0 Å². The molecule has 0 aliphatic carbocycles. The van der Waals surface area contributed by atoms with Gasteiger partial charge in [0.15, 0.2) is 5.82 Å². The van der Waals surface area contributed by atoms with Crippen LogP contribution in [0, 0.1) is 6.92 Å². The largest absolute Gasteiger partial charge is 0.376 e. The predicted molar refractivity (Wildman–Crippen MR) is 125 cm³/mol. The van der Waals surface area contributed by atoms with Crippen LogP contribution in [-0.4, -0.2) is 42.8 Å². The summed E-state index contributed by atoms with van der Waals surface area (Å²) in [5.74, 6) is 0.773. The minimum atomic E-state index is -0.0613. The maximum atomic E-state index is 12.9. The lowest BCUT2D eigenvalue weighted by Crippen LogP contribution is -2.29. The van der Waals surface area contributed by atoms with Gasteiger partial charge in [0.1, 0.15) is 0 Å². The van der Waals surface area contributed by atoms with Crippen LogP contribution in [0.3, 0.4) is 0 Å². The molecule has 1 fully saturated rings. The molecule has 33 heavy (non-hydrogen) atoms. The van der Waals surface area contributed by atoms with Gasteiger partial charge in [-0.3, -0.25) is 9.69 Å². The summed E-state index contributed by atoms with van der Waals surface area (Å²) in [6.07, 6.45) is 2.26. The van der Waals surface area contributed by atoms with E-state index in [1.807, 2.05) is 54.1 Å². The molecule has 1 N–H and O–H groups in total. The summed E-state index contributed by atoms with van der Waals surface area (Å²) in [6.45, 7) is 5.15. The van der Waals surface area contributed by atoms with Gasteiger partial charge in [-0.25, -0.2) is 4.68 Å². The van der Waals surface area contributed by atoms with E-state index in [4.69, 9.17) is 4.74 Å². The number of hydrogen-bond donors (Lipinski definition) is 1. The van der Waals surface area contributed by atoms with E-state index in [1.54, 1.807) is 0 Å². The second-order valence-corrected chi connectivity index (χ2v) is 8.71. The molecule has 0 spiro atoms. The molecule has 8 nitrogen and oxygen atoms in total. The molecule has 4 aromatic rings. The summed E-state index contributed by atoms with van der Waals surface area (Å²) in [5, 5.41) is 13.4. The van der Waals surface area contributed by atoms with Crippen molar-refractivity contribution in [3.63, 3.8) is 0 Å². The van der Waals surface area contributed by atoms with Crippen LogP contribution in [0.1, 0.15) is 35.4 Å². The Balaban J connectivity index is 1.42. The zero-order valence-electron chi connectivity index (χ0n) is 18.8. The Kier molecular flexibility index (Phi) is 6.28. The number of fused-ring (bicyclic) bond motifs is 1. The van der Waals surface area contributed by atoms with Crippen molar-refractivity contribution in [2.45, 2.75) is 52.0 Å². The van der Waals surface area contributed by atoms with Crippen molar-refractivity contribution < 1.29 is 4.74 Å². The maximum Gasteiger partial charge on any atom is 0.252 e. The van der Waals surface area contributed by atoms with E-state index in [-0.39, 0.29) is 11.7 Å². The highest BCUT2D eigenvalue weighted by Gasteiger charge is 2.20. The van der Waals surface area contributed by atoms with E-state index in [1.165, 1.54) is 5.56 Å². The fourth-order valence-corrected chi connectivity index (χ4v) is 4.46. The summed E-state index contributed by atoms with van der Waals surface area (Å²) in [5.41, 5.74) is 3.78. The van der Waals surface area contributed by atoms with E-state index in [0.717, 1.165) is 47.3 Å². The summed E-state index contributed by atoms with van der Waals surface area (Å²) >= 11 is 0. The Morgan fingerprint density at radius 2 is 2.00 bits per heavy atom. The topological polar surface area (TPSA) is 88.9 Å². The lowest BCUT2D eigenvalue weighted by molar-refractivity contribution is 0.0914. The second-order valence-electron chi connectivity index (χ2n) is 8.71. The molecule has 170 valence electrons. The van der Waals surface area contributed by atoms with Gasteiger partial charge in [-0.05, 0) is 52.8 Å². The van der Waals surface area contributed by atoms with Gasteiger partial charge >= 0.3 is 0 Å². The Labute approximate surface area is 192 Å². The van der Waals surface area contributed by atoms with Crippen molar-refractivity contribution in [1.29, 1.82) is 0 Å². The number of aromatic nitrogens is 5. The third kappa shape index (κ3) is 5.02. The third-order valence-electron chi connectivity index (χ3n) is 6.18. The molecule has 5 rings (SSSR count). The summed E-state index contributed by atoms with van der Waals surface area (Å²) < 4.78 is 7.60. The van der Waals surface area contributed by atoms with Crippen LogP contribution in [0.5, 0.6) is 0 Å². The molecule has 8 heteroatoms. The molecule has 0 radical (unpaired) electrons. The van der Waals surface area contributed by atoms with Gasteiger partial charge < -0.3 is 9.72 Å². The molecule has 0 amide bonds. The molecule has 1 atom stereocenters. The monoisotopic (exact) mass is 444 g/mol. The number of rotatable bonds is 8. The first-order chi connectivity index (χ1) is 16.2. The quantitative estimate of drug-likeness (QED) is 0.449. The maximum absolute atomic E-state index is 12.9. The first-order valence-electron chi connectivity index (χ1n) is 11.4. The molecular formula is C25H28N6O2. The Bertz CT molecular complexity index is 1280. The second kappa shape index (κ2) is 9.64. The normalized spacial score (nSPS) is 16.1. The van der Waals surface area contributed by atoms with E-state index in [0.29, 0.717) is 26.2 Å². The van der Waals surface area contributed by atoms with Crippen LogP contribution in [0.4, 0.5) is 0 Å². The SMILES string of the molecule is Cc1cccc2cc(CN(Cc3ccccc3)Cc3nnnn3C[C@@H]3CCCO3)c(=O)[nH]c12. The number of H-pyrrole nitrogens is 1. The molecule has 0 saturated carbocycles. The van der Waals surface area contributed by atoms with Gasteiger partial charge in [0.2, 0.25) is 0 Å². The van der Waals surface area contributed by atoms with Gasteiger partial charge in [0, 0.05) is 25.3 Å². The smallest absolute Gasteiger partial charge is 0.252 e. The molecule has 3 heterocycles. The highest BCUT2D eigenvalue weighted by Crippen LogP contribution is 2.18. The summed E-state index contributed by atoms with van der Waals surface area (Å²) in [6, 6.07) is 18.3. The van der Waals surface area contributed by atoms with Crippen LogP contribution in [0.15, 0.2) is 59.4 Å². The Hall–Kier alpha value is -3.36. The minimum Gasteiger partial charge on any atom is -0.376 e. The highest BCUT2D eigenvalue weighted by molar-refractivity contribution is 5.81. The van der Waals surface area contributed by atoms with Crippen LogP contribution in [0.2, 0.25) is 0 Å². The number of pyridine rings is 1. The van der Waals surface area contributed by atoms with Crippen LogP contribution in [0.25, 0.3) is 10.9 Å². The standard InChI is InChI=1S/C25H28N6O2/c1-18-7-5-10-20-13-21(25(32)26-24(18)20)15-30(14-19-8-3-2-4-9-19)17-23-27-28-29-31(23)16-22-11-6-12-33-22/h2-5,7-10,13,22H,6,11-12,14-17H2,1H3,(H,26,32)/t22-/m0/s1. The average molecular weight is 445 g/mol. The molecular weight excluding hydrogens is 416 g/mol. The van der Waals surface area contributed by atoms with Crippen molar-refractivity contribution in [2.24, 2.45) is 0 Å². The molecule has 1 aliphatic rings. The number of benzene rings is 2. The molecule has 1 aliphatic heterocycles. The Morgan fingerprint density at radius 1 is 1.12 bits per heavy atom. The molecule has 1 saturated heterocycles. The zero-order chi connectivity index (χ0) is 22.6.